The second-order valence-electron chi connectivity index (χ2n) is 4.60. The van der Waals surface area contributed by atoms with E-state index in [-0.39, 0.29) is 5.69 Å². The van der Waals surface area contributed by atoms with Crippen LogP contribution >= 0.6 is 0 Å². The van der Waals surface area contributed by atoms with E-state index in [2.05, 4.69) is 5.10 Å². The van der Waals surface area contributed by atoms with Gasteiger partial charge in [-0.3, -0.25) is 9.59 Å². The smallest absolute Gasteiger partial charge is 0.211 e. The molecule has 0 bridgehead atoms. The van der Waals surface area contributed by atoms with Crippen molar-refractivity contribution in [2.75, 3.05) is 14.1 Å². The molecule has 108 valence electrons. The molecule has 0 N–H and O–H groups in total. The Morgan fingerprint density at radius 2 is 2.10 bits per heavy atom. The van der Waals surface area contributed by atoms with Gasteiger partial charge < -0.3 is 4.90 Å². The average Bonchev–Trinajstić information content (AvgIpc) is 2.45. The van der Waals surface area contributed by atoms with Crippen molar-refractivity contribution < 1.29 is 9.18 Å². The molecule has 1 heterocycles. The summed E-state index contributed by atoms with van der Waals surface area (Å²) in [5.41, 5.74) is -0.253. The number of allylic oxidation sites excluding steroid dienone is 1. The van der Waals surface area contributed by atoms with Gasteiger partial charge in [0.15, 0.2) is 5.69 Å². The van der Waals surface area contributed by atoms with E-state index in [9.17, 15) is 14.0 Å². The van der Waals surface area contributed by atoms with E-state index in [4.69, 9.17) is 0 Å². The maximum Gasteiger partial charge on any atom is 0.211 e. The first-order valence-corrected chi connectivity index (χ1v) is 6.22. The van der Waals surface area contributed by atoms with Gasteiger partial charge in [-0.15, -0.1) is 0 Å². The van der Waals surface area contributed by atoms with Gasteiger partial charge in [-0.25, -0.2) is 9.07 Å². The summed E-state index contributed by atoms with van der Waals surface area (Å²) in [6, 6.07) is 6.95. The quantitative estimate of drug-likeness (QED) is 0.633. The molecule has 1 aromatic carbocycles. The third-order valence-electron chi connectivity index (χ3n) is 2.64. The van der Waals surface area contributed by atoms with Crippen LogP contribution in [0.4, 0.5) is 4.39 Å². The van der Waals surface area contributed by atoms with Crippen LogP contribution in [-0.2, 0) is 0 Å². The van der Waals surface area contributed by atoms with Crippen molar-refractivity contribution >= 4 is 5.78 Å². The molecule has 6 heteroatoms. The third kappa shape index (κ3) is 3.62. The van der Waals surface area contributed by atoms with Crippen molar-refractivity contribution in [3.8, 4) is 5.69 Å². The first-order valence-electron chi connectivity index (χ1n) is 6.22. The molecule has 0 spiro atoms. The lowest BCUT2D eigenvalue weighted by molar-refractivity contribution is 0.103. The first kappa shape index (κ1) is 14.6. The first-order chi connectivity index (χ1) is 9.97. The minimum Gasteiger partial charge on any atom is -0.383 e. The SMILES string of the molecule is CN(C)/C=C/C(=O)c1nn(-c2cccc(F)c2)ccc1=O. The van der Waals surface area contributed by atoms with Crippen LogP contribution in [0.3, 0.4) is 0 Å². The maximum absolute atomic E-state index is 13.2. The van der Waals surface area contributed by atoms with Crippen LogP contribution in [-0.4, -0.2) is 34.6 Å². The lowest BCUT2D eigenvalue weighted by Crippen LogP contribution is -2.20. The third-order valence-corrected chi connectivity index (χ3v) is 2.64. The Hall–Kier alpha value is -2.76. The van der Waals surface area contributed by atoms with Gasteiger partial charge in [-0.2, -0.15) is 5.10 Å². The minimum absolute atomic E-state index is 0.208. The summed E-state index contributed by atoms with van der Waals surface area (Å²) in [5, 5.41) is 3.98. The largest absolute Gasteiger partial charge is 0.383 e. The molecular formula is C15H14FN3O2. The van der Waals surface area contributed by atoms with E-state index in [0.717, 1.165) is 0 Å². The molecule has 0 aliphatic carbocycles. The van der Waals surface area contributed by atoms with Crippen LogP contribution < -0.4 is 5.43 Å². The normalized spacial score (nSPS) is 10.8. The molecule has 0 amide bonds. The van der Waals surface area contributed by atoms with E-state index in [1.807, 2.05) is 0 Å². The number of hydrogen-bond acceptors (Lipinski definition) is 4. The summed E-state index contributed by atoms with van der Waals surface area (Å²) < 4.78 is 14.5. The predicted octanol–water partition coefficient (Wildman–Crippen LogP) is 1.63. The van der Waals surface area contributed by atoms with Crippen LogP contribution in [0.1, 0.15) is 10.5 Å². The molecule has 1 aromatic heterocycles. The fraction of sp³-hybridized carbons (Fsp3) is 0.133. The zero-order chi connectivity index (χ0) is 15.4. The van der Waals surface area contributed by atoms with Crippen LogP contribution in [0.5, 0.6) is 0 Å². The number of carbonyl (C=O) groups is 1. The molecule has 2 rings (SSSR count). The maximum atomic E-state index is 13.2. The number of benzene rings is 1. The molecule has 0 unspecified atom stereocenters. The molecule has 0 atom stereocenters. The molecule has 5 nitrogen and oxygen atoms in total. The van der Waals surface area contributed by atoms with Crippen LogP contribution in [0.25, 0.3) is 5.69 Å². The molecular weight excluding hydrogens is 273 g/mol. The Kier molecular flexibility index (Phi) is 4.27. The Bertz CT molecular complexity index is 751. The Morgan fingerprint density at radius 3 is 2.76 bits per heavy atom. The van der Waals surface area contributed by atoms with Gasteiger partial charge in [-0.1, -0.05) is 6.07 Å². The van der Waals surface area contributed by atoms with Gasteiger partial charge in [0.05, 0.1) is 5.69 Å². The summed E-state index contributed by atoms with van der Waals surface area (Å²) in [4.78, 5) is 25.4. The van der Waals surface area contributed by atoms with Crippen molar-refractivity contribution in [1.82, 2.24) is 14.7 Å². The van der Waals surface area contributed by atoms with Gasteiger partial charge in [0.1, 0.15) is 5.82 Å². The van der Waals surface area contributed by atoms with E-state index < -0.39 is 17.0 Å². The highest BCUT2D eigenvalue weighted by atomic mass is 19.1. The lowest BCUT2D eigenvalue weighted by Gasteiger charge is -2.06. The fourth-order valence-corrected chi connectivity index (χ4v) is 1.64. The highest BCUT2D eigenvalue weighted by Gasteiger charge is 2.11. The van der Waals surface area contributed by atoms with E-state index in [1.54, 1.807) is 25.1 Å². The van der Waals surface area contributed by atoms with Crippen molar-refractivity contribution in [3.05, 3.63) is 70.5 Å². The van der Waals surface area contributed by atoms with Gasteiger partial charge in [-0.05, 0) is 18.2 Å². The molecule has 2 aromatic rings. The van der Waals surface area contributed by atoms with Gasteiger partial charge in [0.2, 0.25) is 11.2 Å². The summed E-state index contributed by atoms with van der Waals surface area (Å²) in [5.74, 6) is -0.923. The zero-order valence-corrected chi connectivity index (χ0v) is 11.7. The lowest BCUT2D eigenvalue weighted by atomic mass is 10.2. The average molecular weight is 287 g/mol. The Balaban J connectivity index is 2.42. The number of carbonyl (C=O) groups excluding carboxylic acids is 1. The Labute approximate surface area is 120 Å². The van der Waals surface area contributed by atoms with E-state index in [1.165, 1.54) is 47.4 Å². The second-order valence-corrected chi connectivity index (χ2v) is 4.60. The van der Waals surface area contributed by atoms with Crippen LogP contribution in [0.2, 0.25) is 0 Å². The number of aromatic nitrogens is 2. The zero-order valence-electron chi connectivity index (χ0n) is 11.7. The molecule has 0 saturated heterocycles. The summed E-state index contributed by atoms with van der Waals surface area (Å²) in [6.45, 7) is 0. The summed E-state index contributed by atoms with van der Waals surface area (Å²) in [7, 11) is 3.51. The van der Waals surface area contributed by atoms with Crippen LogP contribution in [0.15, 0.2) is 53.6 Å². The Morgan fingerprint density at radius 1 is 1.33 bits per heavy atom. The second kappa shape index (κ2) is 6.13. The number of ketones is 1. The molecule has 0 fully saturated rings. The highest BCUT2D eigenvalue weighted by Crippen LogP contribution is 2.07. The van der Waals surface area contributed by atoms with Crippen molar-refractivity contribution in [1.29, 1.82) is 0 Å². The monoisotopic (exact) mass is 287 g/mol. The van der Waals surface area contributed by atoms with Gasteiger partial charge >= 0.3 is 0 Å². The minimum atomic E-state index is -0.501. The number of hydrogen-bond donors (Lipinski definition) is 0. The van der Waals surface area contributed by atoms with Gasteiger partial charge in [0.25, 0.3) is 0 Å². The summed E-state index contributed by atoms with van der Waals surface area (Å²) >= 11 is 0. The number of rotatable bonds is 4. The molecule has 0 radical (unpaired) electrons. The number of nitrogens with zero attached hydrogens (tertiary/aromatic N) is 3. The van der Waals surface area contributed by atoms with E-state index >= 15 is 0 Å². The predicted molar refractivity (Wildman–Crippen MR) is 76.9 cm³/mol. The summed E-state index contributed by atoms with van der Waals surface area (Å²) in [6.07, 6.45) is 4.19. The molecule has 0 saturated carbocycles. The van der Waals surface area contributed by atoms with Crippen molar-refractivity contribution in [2.45, 2.75) is 0 Å². The van der Waals surface area contributed by atoms with Crippen LogP contribution in [0, 0.1) is 5.82 Å². The topological polar surface area (TPSA) is 55.2 Å². The van der Waals surface area contributed by atoms with Crippen molar-refractivity contribution in [3.63, 3.8) is 0 Å². The number of halogens is 1. The molecule has 21 heavy (non-hydrogen) atoms. The highest BCUT2D eigenvalue weighted by molar-refractivity contribution is 6.02. The molecule has 0 aliphatic rings. The van der Waals surface area contributed by atoms with Gasteiger partial charge in [0, 0.05) is 38.6 Å². The fourth-order valence-electron chi connectivity index (χ4n) is 1.64. The molecule has 0 aliphatic heterocycles. The van der Waals surface area contributed by atoms with Crippen molar-refractivity contribution in [2.24, 2.45) is 0 Å². The standard InChI is InChI=1S/C15H14FN3O2/c1-18(2)8-6-13(20)15-14(21)7-9-19(17-15)12-5-3-4-11(16)10-12/h3-10H,1-2H3/b8-6+. The van der Waals surface area contributed by atoms with E-state index in [0.29, 0.717) is 5.69 Å².